The molecule has 1 saturated heterocycles. The first-order valence-electron chi connectivity index (χ1n) is 10.2. The Morgan fingerprint density at radius 2 is 1.47 bits per heavy atom. The van der Waals surface area contributed by atoms with Gasteiger partial charge in [0.05, 0.1) is 5.56 Å². The Labute approximate surface area is 183 Å². The topological polar surface area (TPSA) is 81.8 Å². The molecule has 0 atom stereocenters. The van der Waals surface area contributed by atoms with Crippen LogP contribution < -0.4 is 10.6 Å². The van der Waals surface area contributed by atoms with E-state index in [1.807, 2.05) is 0 Å². The molecule has 0 radical (unpaired) electrons. The summed E-state index contributed by atoms with van der Waals surface area (Å²) in [7, 11) is 0. The molecule has 0 spiro atoms. The number of hydrogen-bond acceptors (Lipinski definition) is 3. The van der Waals surface area contributed by atoms with Gasteiger partial charge in [0.2, 0.25) is 5.91 Å². The third-order valence-corrected chi connectivity index (χ3v) is 5.04. The number of nitrogens with zero attached hydrogens (tertiary/aromatic N) is 2. The Bertz CT molecular complexity index is 977. The third-order valence-electron chi connectivity index (χ3n) is 5.04. The summed E-state index contributed by atoms with van der Waals surface area (Å²) in [6.07, 6.45) is 0.548. The van der Waals surface area contributed by atoms with Gasteiger partial charge in [-0.05, 0) is 42.8 Å². The largest absolute Gasteiger partial charge is 0.352 e. The Hall–Kier alpha value is -3.56. The van der Waals surface area contributed by atoms with Crippen LogP contribution >= 0.6 is 0 Å². The van der Waals surface area contributed by atoms with Crippen LogP contribution in [-0.4, -0.2) is 60.4 Å². The lowest BCUT2D eigenvalue weighted by Crippen LogP contribution is -2.51. The average molecular weight is 448 g/mol. The second-order valence-electron chi connectivity index (χ2n) is 7.29. The molecule has 170 valence electrons. The monoisotopic (exact) mass is 448 g/mol. The Morgan fingerprint density at radius 1 is 0.844 bits per heavy atom. The maximum absolute atomic E-state index is 13.6. The van der Waals surface area contributed by atoms with Gasteiger partial charge in [0.1, 0.15) is 17.5 Å². The first kappa shape index (κ1) is 23.1. The van der Waals surface area contributed by atoms with Gasteiger partial charge in [0.25, 0.3) is 5.91 Å². The van der Waals surface area contributed by atoms with Crippen molar-refractivity contribution in [3.05, 3.63) is 65.5 Å². The molecule has 1 aliphatic heterocycles. The van der Waals surface area contributed by atoms with E-state index in [0.29, 0.717) is 44.4 Å². The van der Waals surface area contributed by atoms with E-state index in [-0.39, 0.29) is 30.5 Å². The van der Waals surface area contributed by atoms with E-state index in [1.165, 1.54) is 24.3 Å². The minimum atomic E-state index is -0.945. The first-order valence-corrected chi connectivity index (χ1v) is 10.2. The van der Waals surface area contributed by atoms with Crippen LogP contribution in [0.3, 0.4) is 0 Å². The number of halogens is 3. The molecule has 0 bridgehead atoms. The van der Waals surface area contributed by atoms with Crippen LogP contribution in [0.25, 0.3) is 0 Å². The molecule has 0 aliphatic carbocycles. The number of amides is 4. The van der Waals surface area contributed by atoms with Crippen LogP contribution in [-0.2, 0) is 4.79 Å². The number of benzene rings is 2. The van der Waals surface area contributed by atoms with Gasteiger partial charge in [-0.15, -0.1) is 0 Å². The van der Waals surface area contributed by atoms with Crippen molar-refractivity contribution in [3.8, 4) is 0 Å². The number of urea groups is 1. The minimum absolute atomic E-state index is 0.106. The number of nitrogens with one attached hydrogen (secondary N) is 2. The van der Waals surface area contributed by atoms with Crippen molar-refractivity contribution in [1.29, 1.82) is 0 Å². The maximum Gasteiger partial charge on any atom is 0.321 e. The summed E-state index contributed by atoms with van der Waals surface area (Å²) >= 11 is 0. The number of hydrogen-bond donors (Lipinski definition) is 2. The lowest BCUT2D eigenvalue weighted by atomic mass is 10.2. The highest BCUT2D eigenvalue weighted by Crippen LogP contribution is 2.12. The molecule has 2 aromatic rings. The molecule has 7 nitrogen and oxygen atoms in total. The van der Waals surface area contributed by atoms with Crippen molar-refractivity contribution < 1.29 is 27.6 Å². The zero-order valence-electron chi connectivity index (χ0n) is 17.2. The molecule has 4 amide bonds. The van der Waals surface area contributed by atoms with Crippen molar-refractivity contribution in [2.45, 2.75) is 12.8 Å². The van der Waals surface area contributed by atoms with Gasteiger partial charge >= 0.3 is 6.03 Å². The highest BCUT2D eigenvalue weighted by molar-refractivity contribution is 5.94. The number of rotatable bonds is 6. The fraction of sp³-hybridized carbons (Fsp3) is 0.318. The summed E-state index contributed by atoms with van der Waals surface area (Å²) in [5.41, 5.74) is 0.227. The van der Waals surface area contributed by atoms with Gasteiger partial charge in [-0.1, -0.05) is 0 Å². The second kappa shape index (κ2) is 10.7. The highest BCUT2D eigenvalue weighted by atomic mass is 19.1. The minimum Gasteiger partial charge on any atom is -0.352 e. The molecule has 0 saturated carbocycles. The number of piperazine rings is 1. The SMILES string of the molecule is O=C(NCCCC(=O)N1CCN(C(=O)Nc2ccc(F)cc2)CC1)c1ccc(F)cc1F. The van der Waals surface area contributed by atoms with E-state index in [1.54, 1.807) is 9.80 Å². The van der Waals surface area contributed by atoms with E-state index in [9.17, 15) is 27.6 Å². The predicted octanol–water partition coefficient (Wildman–Crippen LogP) is 2.99. The molecule has 1 fully saturated rings. The van der Waals surface area contributed by atoms with Crippen LogP contribution in [0, 0.1) is 17.5 Å². The smallest absolute Gasteiger partial charge is 0.321 e. The quantitative estimate of drug-likeness (QED) is 0.667. The number of anilines is 1. The Kier molecular flexibility index (Phi) is 7.69. The summed E-state index contributed by atoms with van der Waals surface area (Å²) < 4.78 is 39.5. The van der Waals surface area contributed by atoms with Crippen LogP contribution in [0.4, 0.5) is 23.7 Å². The highest BCUT2D eigenvalue weighted by Gasteiger charge is 2.24. The lowest BCUT2D eigenvalue weighted by Gasteiger charge is -2.34. The lowest BCUT2D eigenvalue weighted by molar-refractivity contribution is -0.132. The molecule has 1 aliphatic rings. The first-order chi connectivity index (χ1) is 15.3. The summed E-state index contributed by atoms with van der Waals surface area (Å²) in [5, 5.41) is 5.19. The van der Waals surface area contributed by atoms with E-state index in [2.05, 4.69) is 10.6 Å². The molecule has 3 rings (SSSR count). The second-order valence-corrected chi connectivity index (χ2v) is 7.29. The summed E-state index contributed by atoms with van der Waals surface area (Å²) in [6.45, 7) is 1.64. The summed E-state index contributed by atoms with van der Waals surface area (Å²) in [6, 6.07) is 7.83. The van der Waals surface area contributed by atoms with Crippen LogP contribution in [0.2, 0.25) is 0 Å². The van der Waals surface area contributed by atoms with E-state index < -0.39 is 23.4 Å². The molecule has 0 unspecified atom stereocenters. The average Bonchev–Trinajstić information content (AvgIpc) is 2.78. The van der Waals surface area contributed by atoms with Crippen LogP contribution in [0.15, 0.2) is 42.5 Å². The fourth-order valence-corrected chi connectivity index (χ4v) is 3.26. The van der Waals surface area contributed by atoms with Crippen molar-refractivity contribution in [2.75, 3.05) is 38.0 Å². The maximum atomic E-state index is 13.6. The zero-order valence-corrected chi connectivity index (χ0v) is 17.2. The molecular weight excluding hydrogens is 425 g/mol. The fourth-order valence-electron chi connectivity index (χ4n) is 3.26. The van der Waals surface area contributed by atoms with Gasteiger partial charge in [0.15, 0.2) is 0 Å². The molecular formula is C22H23F3N4O3. The van der Waals surface area contributed by atoms with E-state index in [4.69, 9.17) is 0 Å². The summed E-state index contributed by atoms with van der Waals surface area (Å²) in [4.78, 5) is 39.8. The zero-order chi connectivity index (χ0) is 23.1. The van der Waals surface area contributed by atoms with Crippen molar-refractivity contribution in [3.63, 3.8) is 0 Å². The van der Waals surface area contributed by atoms with E-state index >= 15 is 0 Å². The standard InChI is InChI=1S/C22H23F3N4O3/c23-15-3-6-17(7-4-15)27-22(32)29-12-10-28(11-13-29)20(30)2-1-9-26-21(31)18-8-5-16(24)14-19(18)25/h3-8,14H,1-2,9-13H2,(H,26,31)(H,27,32). The molecule has 32 heavy (non-hydrogen) atoms. The molecule has 10 heteroatoms. The normalized spacial score (nSPS) is 13.6. The molecule has 1 heterocycles. The van der Waals surface area contributed by atoms with Gasteiger partial charge in [-0.3, -0.25) is 9.59 Å². The van der Waals surface area contributed by atoms with Crippen LogP contribution in [0.5, 0.6) is 0 Å². The number of carbonyl (C=O) groups is 3. The van der Waals surface area contributed by atoms with E-state index in [0.717, 1.165) is 12.1 Å². The number of carbonyl (C=O) groups excluding carboxylic acids is 3. The Morgan fingerprint density at radius 3 is 2.12 bits per heavy atom. The van der Waals surface area contributed by atoms with Gasteiger partial charge in [0, 0.05) is 50.9 Å². The third kappa shape index (κ3) is 6.22. The Balaban J connectivity index is 1.35. The van der Waals surface area contributed by atoms with Gasteiger partial charge < -0.3 is 20.4 Å². The van der Waals surface area contributed by atoms with Crippen molar-refractivity contribution in [2.24, 2.45) is 0 Å². The predicted molar refractivity (Wildman–Crippen MR) is 111 cm³/mol. The molecule has 2 aromatic carbocycles. The van der Waals surface area contributed by atoms with Crippen molar-refractivity contribution >= 4 is 23.5 Å². The van der Waals surface area contributed by atoms with Gasteiger partial charge in [-0.2, -0.15) is 0 Å². The summed E-state index contributed by atoms with van der Waals surface area (Å²) in [5.74, 6) is -2.88. The van der Waals surface area contributed by atoms with Crippen LogP contribution in [0.1, 0.15) is 23.2 Å². The molecule has 2 N–H and O–H groups in total. The van der Waals surface area contributed by atoms with Gasteiger partial charge in [-0.25, -0.2) is 18.0 Å². The molecule has 0 aromatic heterocycles. The van der Waals surface area contributed by atoms with Crippen molar-refractivity contribution in [1.82, 2.24) is 15.1 Å².